The third-order valence-electron chi connectivity index (χ3n) is 3.48. The van der Waals surface area contributed by atoms with Crippen LogP contribution in [0.1, 0.15) is 30.7 Å². The largest absolute Gasteiger partial charge is 0.385 e. The molecular formula is C15H22N2OS. The van der Waals surface area contributed by atoms with E-state index in [1.54, 1.807) is 0 Å². The molecule has 0 radical (unpaired) electrons. The molecule has 1 aromatic rings. The smallest absolute Gasteiger partial charge is 0.227 e. The number of carbonyl (C=O) groups excluding carboxylic acids is 1. The molecule has 1 aromatic carbocycles. The Morgan fingerprint density at radius 3 is 3.11 bits per heavy atom. The van der Waals surface area contributed by atoms with Crippen molar-refractivity contribution in [2.24, 2.45) is 0 Å². The van der Waals surface area contributed by atoms with Gasteiger partial charge >= 0.3 is 0 Å². The fourth-order valence-corrected chi connectivity index (χ4v) is 2.94. The van der Waals surface area contributed by atoms with Gasteiger partial charge in [-0.3, -0.25) is 4.79 Å². The van der Waals surface area contributed by atoms with Crippen LogP contribution in [0.2, 0.25) is 0 Å². The van der Waals surface area contributed by atoms with Crippen LogP contribution in [0.4, 0.5) is 5.69 Å². The van der Waals surface area contributed by atoms with Gasteiger partial charge in [0.05, 0.1) is 5.92 Å². The molecule has 0 spiro atoms. The molecule has 2 rings (SSSR count). The Bertz CT molecular complexity index is 422. The summed E-state index contributed by atoms with van der Waals surface area (Å²) in [6.07, 6.45) is 5.24. The number of anilines is 1. The minimum absolute atomic E-state index is 0.0120. The minimum atomic E-state index is 0.0120. The molecule has 1 heterocycles. The van der Waals surface area contributed by atoms with Gasteiger partial charge in [-0.2, -0.15) is 11.8 Å². The van der Waals surface area contributed by atoms with Crippen molar-refractivity contribution in [2.45, 2.75) is 25.2 Å². The molecule has 0 aromatic heterocycles. The number of nitrogens with one attached hydrogen (secondary N) is 2. The lowest BCUT2D eigenvalue weighted by atomic mass is 9.90. The highest BCUT2D eigenvalue weighted by Gasteiger charge is 2.25. The summed E-state index contributed by atoms with van der Waals surface area (Å²) in [7, 11) is 0. The van der Waals surface area contributed by atoms with E-state index in [2.05, 4.69) is 23.0 Å². The SMILES string of the molecule is CSCCCCNC(=O)C1CCNc2ccccc21. The fourth-order valence-electron chi connectivity index (χ4n) is 2.45. The third-order valence-corrected chi connectivity index (χ3v) is 4.17. The summed E-state index contributed by atoms with van der Waals surface area (Å²) in [4.78, 5) is 12.2. The van der Waals surface area contributed by atoms with E-state index in [4.69, 9.17) is 0 Å². The number of amides is 1. The predicted octanol–water partition coefficient (Wildman–Crippen LogP) is 2.85. The van der Waals surface area contributed by atoms with Crippen molar-refractivity contribution in [3.63, 3.8) is 0 Å². The van der Waals surface area contributed by atoms with E-state index < -0.39 is 0 Å². The lowest BCUT2D eigenvalue weighted by Crippen LogP contribution is -2.33. The van der Waals surface area contributed by atoms with Crippen LogP contribution in [0.5, 0.6) is 0 Å². The van der Waals surface area contributed by atoms with E-state index in [-0.39, 0.29) is 11.8 Å². The van der Waals surface area contributed by atoms with E-state index in [1.807, 2.05) is 30.0 Å². The Balaban J connectivity index is 1.86. The van der Waals surface area contributed by atoms with Crippen LogP contribution >= 0.6 is 11.8 Å². The summed E-state index contributed by atoms with van der Waals surface area (Å²) in [5.41, 5.74) is 2.24. The first-order valence-corrected chi connectivity index (χ1v) is 8.31. The van der Waals surface area contributed by atoms with Crippen LogP contribution in [-0.2, 0) is 4.79 Å². The molecule has 0 bridgehead atoms. The monoisotopic (exact) mass is 278 g/mol. The van der Waals surface area contributed by atoms with Crippen molar-refractivity contribution < 1.29 is 4.79 Å². The second kappa shape index (κ2) is 7.43. The zero-order valence-corrected chi connectivity index (χ0v) is 12.3. The van der Waals surface area contributed by atoms with Crippen LogP contribution in [0.15, 0.2) is 24.3 Å². The second-order valence-electron chi connectivity index (χ2n) is 4.85. The van der Waals surface area contributed by atoms with Gasteiger partial charge in [-0.05, 0) is 42.9 Å². The zero-order valence-electron chi connectivity index (χ0n) is 11.4. The molecule has 2 N–H and O–H groups in total. The number of rotatable bonds is 6. The van der Waals surface area contributed by atoms with E-state index in [1.165, 1.54) is 12.2 Å². The summed E-state index contributed by atoms with van der Waals surface area (Å²) in [5.74, 6) is 1.36. The van der Waals surface area contributed by atoms with Gasteiger partial charge in [0.25, 0.3) is 0 Å². The standard InChI is InChI=1S/C15H22N2OS/c1-19-11-5-4-9-17-15(18)13-8-10-16-14-7-3-2-6-12(13)14/h2-3,6-7,13,16H,4-5,8-11H2,1H3,(H,17,18). The van der Waals surface area contributed by atoms with Gasteiger partial charge in [0.1, 0.15) is 0 Å². The summed E-state index contributed by atoms with van der Waals surface area (Å²) >= 11 is 1.86. The maximum absolute atomic E-state index is 12.2. The maximum Gasteiger partial charge on any atom is 0.227 e. The number of benzene rings is 1. The highest BCUT2D eigenvalue weighted by Crippen LogP contribution is 2.31. The number of carbonyl (C=O) groups is 1. The first-order chi connectivity index (χ1) is 9.33. The molecule has 19 heavy (non-hydrogen) atoms. The fraction of sp³-hybridized carbons (Fsp3) is 0.533. The van der Waals surface area contributed by atoms with Crippen molar-refractivity contribution in [1.82, 2.24) is 5.32 Å². The van der Waals surface area contributed by atoms with E-state index in [0.29, 0.717) is 0 Å². The highest BCUT2D eigenvalue weighted by atomic mass is 32.2. The Morgan fingerprint density at radius 1 is 1.42 bits per heavy atom. The van der Waals surface area contributed by atoms with Crippen molar-refractivity contribution >= 4 is 23.4 Å². The van der Waals surface area contributed by atoms with Crippen LogP contribution < -0.4 is 10.6 Å². The van der Waals surface area contributed by atoms with Gasteiger partial charge in [-0.15, -0.1) is 0 Å². The molecule has 0 aliphatic carbocycles. The second-order valence-corrected chi connectivity index (χ2v) is 5.83. The van der Waals surface area contributed by atoms with Crippen LogP contribution in [-0.4, -0.2) is 31.0 Å². The van der Waals surface area contributed by atoms with E-state index >= 15 is 0 Å². The van der Waals surface area contributed by atoms with E-state index in [9.17, 15) is 4.79 Å². The number of unbranched alkanes of at least 4 members (excludes halogenated alkanes) is 1. The lowest BCUT2D eigenvalue weighted by molar-refractivity contribution is -0.122. The number of fused-ring (bicyclic) bond motifs is 1. The van der Waals surface area contributed by atoms with Gasteiger partial charge in [0.15, 0.2) is 0 Å². The number of hydrogen-bond acceptors (Lipinski definition) is 3. The van der Waals surface area contributed by atoms with Crippen LogP contribution in [0.25, 0.3) is 0 Å². The number of hydrogen-bond donors (Lipinski definition) is 2. The summed E-state index contributed by atoms with van der Waals surface area (Å²) < 4.78 is 0. The molecule has 0 fully saturated rings. The number of thioether (sulfide) groups is 1. The summed E-state index contributed by atoms with van der Waals surface area (Å²) in [6.45, 7) is 1.67. The highest BCUT2D eigenvalue weighted by molar-refractivity contribution is 7.98. The molecule has 1 aliphatic heterocycles. The Kier molecular flexibility index (Phi) is 5.58. The molecule has 4 heteroatoms. The zero-order chi connectivity index (χ0) is 13.5. The van der Waals surface area contributed by atoms with Crippen LogP contribution in [0.3, 0.4) is 0 Å². The first kappa shape index (κ1) is 14.3. The molecule has 1 atom stereocenters. The number of para-hydroxylation sites is 1. The van der Waals surface area contributed by atoms with Gasteiger partial charge in [-0.1, -0.05) is 18.2 Å². The first-order valence-electron chi connectivity index (χ1n) is 6.92. The molecule has 0 saturated heterocycles. The quantitative estimate of drug-likeness (QED) is 0.786. The van der Waals surface area contributed by atoms with Crippen LogP contribution in [0, 0.1) is 0 Å². The summed E-state index contributed by atoms with van der Waals surface area (Å²) in [6, 6.07) is 8.12. The molecule has 104 valence electrons. The van der Waals surface area contributed by atoms with Crippen molar-refractivity contribution in [2.75, 3.05) is 30.4 Å². The van der Waals surface area contributed by atoms with Gasteiger partial charge in [-0.25, -0.2) is 0 Å². The minimum Gasteiger partial charge on any atom is -0.385 e. The molecule has 1 amide bonds. The third kappa shape index (κ3) is 3.90. The lowest BCUT2D eigenvalue weighted by Gasteiger charge is -2.25. The van der Waals surface area contributed by atoms with Crippen molar-refractivity contribution in [1.29, 1.82) is 0 Å². The molecule has 1 unspecified atom stereocenters. The molecular weight excluding hydrogens is 256 g/mol. The average molecular weight is 278 g/mol. The van der Waals surface area contributed by atoms with Gasteiger partial charge in [0, 0.05) is 18.8 Å². The normalized spacial score (nSPS) is 17.4. The molecule has 1 aliphatic rings. The molecule has 0 saturated carbocycles. The maximum atomic E-state index is 12.2. The topological polar surface area (TPSA) is 41.1 Å². The average Bonchev–Trinajstić information content (AvgIpc) is 2.46. The predicted molar refractivity (Wildman–Crippen MR) is 82.9 cm³/mol. The van der Waals surface area contributed by atoms with Gasteiger partial charge in [0.2, 0.25) is 5.91 Å². The van der Waals surface area contributed by atoms with Crippen molar-refractivity contribution in [3.05, 3.63) is 29.8 Å². The summed E-state index contributed by atoms with van der Waals surface area (Å²) in [5, 5.41) is 6.42. The molecule has 3 nitrogen and oxygen atoms in total. The Hall–Kier alpha value is -1.16. The Morgan fingerprint density at radius 2 is 2.26 bits per heavy atom. The van der Waals surface area contributed by atoms with E-state index in [0.717, 1.165) is 37.2 Å². The Labute approximate surface area is 119 Å². The van der Waals surface area contributed by atoms with Gasteiger partial charge < -0.3 is 10.6 Å². The van der Waals surface area contributed by atoms with Crippen molar-refractivity contribution in [3.8, 4) is 0 Å².